The zero-order valence-electron chi connectivity index (χ0n) is 26.3. The lowest BCUT2D eigenvalue weighted by Gasteiger charge is -2.39. The van der Waals surface area contributed by atoms with E-state index in [2.05, 4.69) is 53.0 Å². The van der Waals surface area contributed by atoms with Crippen LogP contribution in [0.5, 0.6) is 11.5 Å². The zero-order chi connectivity index (χ0) is 30.7. The van der Waals surface area contributed by atoms with Crippen LogP contribution in [0.2, 0.25) is 0 Å². The van der Waals surface area contributed by atoms with Crippen molar-refractivity contribution in [3.8, 4) is 11.5 Å². The van der Waals surface area contributed by atoms with Crippen molar-refractivity contribution >= 4 is 9.05 Å². The molecule has 7 heteroatoms. The predicted molar refractivity (Wildman–Crippen MR) is 174 cm³/mol. The van der Waals surface area contributed by atoms with Crippen LogP contribution in [-0.2, 0) is 17.7 Å². The van der Waals surface area contributed by atoms with Gasteiger partial charge in [0, 0.05) is 0 Å². The second kappa shape index (κ2) is 16.2. The molecule has 0 heterocycles. The molecule has 0 aromatic heterocycles. The summed E-state index contributed by atoms with van der Waals surface area (Å²) in [6, 6.07) is 19.4. The Labute approximate surface area is 259 Å². The Morgan fingerprint density at radius 2 is 1.05 bits per heavy atom. The third kappa shape index (κ3) is 10.0. The summed E-state index contributed by atoms with van der Waals surface area (Å²) in [4.78, 5) is 0. The van der Waals surface area contributed by atoms with E-state index in [1.807, 2.05) is 60.7 Å². The average Bonchev–Trinajstić information content (AvgIpc) is 3.00. The summed E-state index contributed by atoms with van der Waals surface area (Å²) in [6.45, 7) is 18.0. The van der Waals surface area contributed by atoms with Crippen molar-refractivity contribution in [3.05, 3.63) is 108 Å². The van der Waals surface area contributed by atoms with Crippen LogP contribution in [0.3, 0.4) is 0 Å². The van der Waals surface area contributed by atoms with Gasteiger partial charge in [0.15, 0.2) is 0 Å². The molecule has 4 rings (SSSR count). The van der Waals surface area contributed by atoms with Crippen LogP contribution < -0.4 is 9.47 Å². The first kappa shape index (κ1) is 33.0. The molecule has 6 nitrogen and oxygen atoms in total. The summed E-state index contributed by atoms with van der Waals surface area (Å²) in [5.41, 5.74) is 4.61. The Balaban J connectivity index is 1.57. The maximum absolute atomic E-state index is 6.93. The summed E-state index contributed by atoms with van der Waals surface area (Å²) in [7, 11) is -3.76. The van der Waals surface area contributed by atoms with Gasteiger partial charge in [-0.25, -0.2) is 0 Å². The van der Waals surface area contributed by atoms with Crippen molar-refractivity contribution < 1.29 is 27.2 Å². The maximum Gasteiger partial charge on any atom is 0.680 e. The van der Waals surface area contributed by atoms with E-state index in [4.69, 9.17) is 27.2 Å². The molecular weight excluding hydrogens is 556 g/mol. The largest absolute Gasteiger partial charge is 0.680 e. The van der Waals surface area contributed by atoms with Crippen molar-refractivity contribution in [1.82, 2.24) is 0 Å². The Bertz CT molecular complexity index is 1140. The fraction of sp³-hybridized carbons (Fsp3) is 0.444. The minimum atomic E-state index is -3.76. The Morgan fingerprint density at radius 1 is 0.651 bits per heavy atom. The molecule has 4 unspecified atom stereocenters. The van der Waals surface area contributed by atoms with E-state index in [0.717, 1.165) is 59.5 Å². The summed E-state index contributed by atoms with van der Waals surface area (Å²) in [5.74, 6) is 2.21. The van der Waals surface area contributed by atoms with E-state index in [1.54, 1.807) is 0 Å². The van der Waals surface area contributed by atoms with Crippen molar-refractivity contribution in [2.24, 2.45) is 11.8 Å². The summed E-state index contributed by atoms with van der Waals surface area (Å²) in [5, 5.41) is 0. The van der Waals surface area contributed by atoms with Crippen LogP contribution >= 0.6 is 0 Å². The number of allylic oxidation sites excluding steroid dienone is 4. The molecule has 232 valence electrons. The number of ether oxygens (including phenoxy) is 2. The van der Waals surface area contributed by atoms with Gasteiger partial charge >= 0.3 is 9.05 Å². The van der Waals surface area contributed by atoms with E-state index in [0.29, 0.717) is 25.0 Å². The molecule has 0 amide bonds. The van der Waals surface area contributed by atoms with Crippen LogP contribution in [0.4, 0.5) is 0 Å². The molecule has 2 aliphatic rings. The molecule has 0 aliphatic heterocycles. The van der Waals surface area contributed by atoms with Crippen molar-refractivity contribution in [2.75, 3.05) is 26.4 Å². The second-order valence-corrected chi connectivity index (χ2v) is 13.7. The van der Waals surface area contributed by atoms with E-state index in [1.165, 1.54) is 0 Å². The number of para-hydroxylation sites is 2. The smallest absolute Gasteiger partial charge is 0.491 e. The molecule has 0 saturated carbocycles. The van der Waals surface area contributed by atoms with Gasteiger partial charge in [0.05, 0.1) is 25.4 Å². The van der Waals surface area contributed by atoms with Crippen molar-refractivity contribution in [1.29, 1.82) is 0 Å². The minimum absolute atomic E-state index is 0.211. The van der Waals surface area contributed by atoms with Gasteiger partial charge in [0.25, 0.3) is 0 Å². The average molecular weight is 605 g/mol. The molecule has 4 atom stereocenters. The number of hydrogen-bond acceptors (Lipinski definition) is 6. The van der Waals surface area contributed by atoms with Gasteiger partial charge in [-0.05, 0) is 101 Å². The van der Waals surface area contributed by atoms with Gasteiger partial charge in [-0.15, -0.1) is 0 Å². The SMILES string of the molecule is C=C(C)C1CC=C(C)C(O[Si](OCCOc2ccccc2)(OCCOc2ccccc2)OC2CC(C(=C)C)CC=C2C)C1. The number of rotatable bonds is 16. The molecule has 0 spiro atoms. The van der Waals surface area contributed by atoms with Gasteiger partial charge in [0.1, 0.15) is 24.7 Å². The third-order valence-corrected chi connectivity index (χ3v) is 10.4. The molecule has 0 radical (unpaired) electrons. The van der Waals surface area contributed by atoms with Gasteiger partial charge in [-0.3, -0.25) is 0 Å². The Hall–Kier alpha value is -2.94. The Kier molecular flexibility index (Phi) is 12.4. The van der Waals surface area contributed by atoms with Gasteiger partial charge < -0.3 is 27.2 Å². The first-order valence-corrected chi connectivity index (χ1v) is 17.0. The monoisotopic (exact) mass is 604 g/mol. The summed E-state index contributed by atoms with van der Waals surface area (Å²) < 4.78 is 39.0. The maximum atomic E-state index is 6.93. The van der Waals surface area contributed by atoms with E-state index in [9.17, 15) is 0 Å². The van der Waals surface area contributed by atoms with Crippen LogP contribution in [0.15, 0.2) is 108 Å². The third-order valence-electron chi connectivity index (χ3n) is 8.18. The topological polar surface area (TPSA) is 55.4 Å². The molecule has 2 aromatic carbocycles. The lowest BCUT2D eigenvalue weighted by atomic mass is 9.84. The van der Waals surface area contributed by atoms with Crippen LogP contribution in [0, 0.1) is 11.8 Å². The number of benzene rings is 2. The highest BCUT2D eigenvalue weighted by Crippen LogP contribution is 2.36. The molecule has 2 aromatic rings. The van der Waals surface area contributed by atoms with Crippen molar-refractivity contribution in [3.63, 3.8) is 0 Å². The van der Waals surface area contributed by atoms with Gasteiger partial charge in [-0.1, -0.05) is 72.9 Å². The highest BCUT2D eigenvalue weighted by Gasteiger charge is 2.51. The second-order valence-electron chi connectivity index (χ2n) is 11.7. The fourth-order valence-electron chi connectivity index (χ4n) is 5.33. The highest BCUT2D eigenvalue weighted by molar-refractivity contribution is 6.53. The summed E-state index contributed by atoms with van der Waals surface area (Å²) >= 11 is 0. The van der Waals surface area contributed by atoms with Gasteiger partial charge in [0.2, 0.25) is 0 Å². The predicted octanol–water partition coefficient (Wildman–Crippen LogP) is 8.25. The lowest BCUT2D eigenvalue weighted by molar-refractivity contribution is -0.0754. The molecule has 0 saturated heterocycles. The standard InChI is InChI=1S/C36H48O6Si/c1-27(2)31-19-17-29(5)35(25-31)41-43(39-23-21-37-33-13-9-7-10-14-33,40-24-22-38-34-15-11-8-12-16-34)42-36-26-32(28(3)4)20-18-30(36)6/h7-18,31-32,35-36H,1,3,19-26H2,2,4-6H3. The van der Waals surface area contributed by atoms with E-state index in [-0.39, 0.29) is 25.4 Å². The van der Waals surface area contributed by atoms with E-state index >= 15 is 0 Å². The first-order valence-electron chi connectivity index (χ1n) is 15.4. The minimum Gasteiger partial charge on any atom is -0.491 e. The first-order chi connectivity index (χ1) is 20.7. The van der Waals surface area contributed by atoms with E-state index < -0.39 is 9.05 Å². The van der Waals surface area contributed by atoms with Crippen LogP contribution in [0.1, 0.15) is 53.4 Å². The lowest BCUT2D eigenvalue weighted by Crippen LogP contribution is -2.55. The van der Waals surface area contributed by atoms with Crippen LogP contribution in [-0.4, -0.2) is 47.7 Å². The molecule has 43 heavy (non-hydrogen) atoms. The Morgan fingerprint density at radius 3 is 1.42 bits per heavy atom. The normalized spacial score (nSPS) is 22.3. The molecule has 0 fully saturated rings. The van der Waals surface area contributed by atoms with Crippen molar-refractivity contribution in [2.45, 2.75) is 65.6 Å². The fourth-order valence-corrected chi connectivity index (χ4v) is 7.67. The molecule has 2 aliphatic carbocycles. The van der Waals surface area contributed by atoms with Crippen LogP contribution in [0.25, 0.3) is 0 Å². The number of hydrogen-bond donors (Lipinski definition) is 0. The van der Waals surface area contributed by atoms with Gasteiger partial charge in [-0.2, -0.15) is 0 Å². The molecule has 0 N–H and O–H groups in total. The quantitative estimate of drug-likeness (QED) is 0.109. The zero-order valence-corrected chi connectivity index (χ0v) is 27.3. The summed E-state index contributed by atoms with van der Waals surface area (Å²) in [6.07, 6.45) is 7.58. The highest BCUT2D eigenvalue weighted by atomic mass is 28.4. The molecular formula is C36H48O6Si. The molecule has 0 bridgehead atoms.